The largest absolute Gasteiger partial charge is 0.483 e. The van der Waals surface area contributed by atoms with Crippen molar-refractivity contribution in [1.82, 2.24) is 10.2 Å². The predicted molar refractivity (Wildman–Crippen MR) is 143 cm³/mol. The maximum atomic E-state index is 13.3. The quantitative estimate of drug-likeness (QED) is 0.399. The van der Waals surface area contributed by atoms with Crippen molar-refractivity contribution in [1.29, 1.82) is 0 Å². The second-order valence-corrected chi connectivity index (χ2v) is 12.0. The molecule has 34 heavy (non-hydrogen) atoms. The van der Waals surface area contributed by atoms with Gasteiger partial charge >= 0.3 is 0 Å². The molecule has 5 nitrogen and oxygen atoms in total. The number of carbonyl (C=O) groups is 2. The summed E-state index contributed by atoms with van der Waals surface area (Å²) in [6.45, 7) is 13.7. The van der Waals surface area contributed by atoms with Crippen molar-refractivity contribution in [3.05, 3.63) is 62.0 Å². The molecule has 1 atom stereocenters. The minimum atomic E-state index is -0.725. The molecule has 0 spiro atoms. The van der Waals surface area contributed by atoms with Crippen molar-refractivity contribution in [2.75, 3.05) is 6.61 Å². The second-order valence-electron chi connectivity index (χ2n) is 10.4. The van der Waals surface area contributed by atoms with Crippen LogP contribution in [0.1, 0.15) is 59.6 Å². The van der Waals surface area contributed by atoms with Crippen LogP contribution < -0.4 is 10.1 Å². The zero-order valence-corrected chi connectivity index (χ0v) is 23.9. The Morgan fingerprint density at radius 3 is 2.21 bits per heavy atom. The Labute approximate surface area is 221 Å². The number of nitrogens with zero attached hydrogens (tertiary/aromatic N) is 1. The van der Waals surface area contributed by atoms with Crippen LogP contribution in [-0.2, 0) is 21.5 Å². The lowest BCUT2D eigenvalue weighted by Crippen LogP contribution is -2.53. The zero-order chi connectivity index (χ0) is 25.8. The molecule has 8 heteroatoms. The first-order valence-corrected chi connectivity index (χ1v) is 12.6. The number of benzene rings is 2. The average Bonchev–Trinajstić information content (AvgIpc) is 2.71. The lowest BCUT2D eigenvalue weighted by Gasteiger charge is -2.31. The van der Waals surface area contributed by atoms with E-state index in [4.69, 9.17) is 27.9 Å². The van der Waals surface area contributed by atoms with Crippen LogP contribution in [0.25, 0.3) is 0 Å². The monoisotopic (exact) mass is 570 g/mol. The topological polar surface area (TPSA) is 58.6 Å². The molecule has 1 N–H and O–H groups in total. The van der Waals surface area contributed by atoms with E-state index in [1.807, 2.05) is 39.0 Å². The molecular weight excluding hydrogens is 539 g/mol. The van der Waals surface area contributed by atoms with E-state index in [-0.39, 0.29) is 30.4 Å². The maximum Gasteiger partial charge on any atom is 0.261 e. The van der Waals surface area contributed by atoms with Crippen LogP contribution in [-0.4, -0.2) is 34.9 Å². The molecule has 0 aliphatic heterocycles. The molecule has 0 aliphatic rings. The summed E-state index contributed by atoms with van der Waals surface area (Å²) in [5, 5.41) is 3.75. The van der Waals surface area contributed by atoms with Crippen LogP contribution in [0.15, 0.2) is 40.9 Å². The Balaban J connectivity index is 2.24. The fraction of sp³-hybridized carbons (Fsp3) is 0.462. The van der Waals surface area contributed by atoms with E-state index < -0.39 is 11.6 Å². The molecule has 0 heterocycles. The van der Waals surface area contributed by atoms with Crippen LogP contribution in [0.3, 0.4) is 0 Å². The van der Waals surface area contributed by atoms with Gasteiger partial charge in [-0.05, 0) is 84.4 Å². The van der Waals surface area contributed by atoms with Crippen LogP contribution in [0, 0.1) is 0 Å². The van der Waals surface area contributed by atoms with E-state index in [1.54, 1.807) is 25.1 Å². The molecule has 0 bridgehead atoms. The van der Waals surface area contributed by atoms with E-state index >= 15 is 0 Å². The van der Waals surface area contributed by atoms with Crippen molar-refractivity contribution in [2.45, 2.75) is 72.0 Å². The van der Waals surface area contributed by atoms with Gasteiger partial charge in [0.1, 0.15) is 11.8 Å². The number of carbonyl (C=O) groups excluding carboxylic acids is 2. The molecule has 2 aromatic rings. The molecule has 2 aromatic carbocycles. The summed E-state index contributed by atoms with van der Waals surface area (Å²) in [5.74, 6) is -0.0197. The first-order valence-electron chi connectivity index (χ1n) is 11.1. The normalized spacial score (nSPS) is 12.8. The Hall–Kier alpha value is -1.76. The molecule has 0 fully saturated rings. The fourth-order valence-corrected chi connectivity index (χ4v) is 4.01. The Morgan fingerprint density at radius 2 is 1.68 bits per heavy atom. The molecule has 0 radical (unpaired) electrons. The molecule has 2 rings (SSSR count). The standard InChI is InChI=1S/C26H33BrCl2N2O3/c1-16(24(33)30-26(5,6)7)31(14-17-8-10-20(28)21(29)12-17)23(32)15-34-22-11-9-18(13-19(22)27)25(2,3)4/h8-13,16H,14-15H2,1-7H3,(H,30,33). The summed E-state index contributed by atoms with van der Waals surface area (Å²) in [6, 6.07) is 10.2. The summed E-state index contributed by atoms with van der Waals surface area (Å²) in [7, 11) is 0. The number of hydrogen-bond donors (Lipinski definition) is 1. The van der Waals surface area contributed by atoms with Crippen LogP contribution >= 0.6 is 39.1 Å². The summed E-state index contributed by atoms with van der Waals surface area (Å²) < 4.78 is 6.61. The highest BCUT2D eigenvalue weighted by Crippen LogP contribution is 2.31. The van der Waals surface area contributed by atoms with Gasteiger partial charge in [0.25, 0.3) is 5.91 Å². The highest BCUT2D eigenvalue weighted by molar-refractivity contribution is 9.10. The molecule has 1 unspecified atom stereocenters. The van der Waals surface area contributed by atoms with Crippen LogP contribution in [0.2, 0.25) is 10.0 Å². The predicted octanol–water partition coefficient (Wildman–Crippen LogP) is 6.76. The SMILES string of the molecule is CC(C(=O)NC(C)(C)C)N(Cc1ccc(Cl)c(Cl)c1)C(=O)COc1ccc(C(C)(C)C)cc1Br. The summed E-state index contributed by atoms with van der Waals surface area (Å²) in [4.78, 5) is 27.6. The number of amides is 2. The first kappa shape index (κ1) is 28.5. The van der Waals surface area contributed by atoms with E-state index in [2.05, 4.69) is 42.0 Å². The van der Waals surface area contributed by atoms with Crippen molar-refractivity contribution in [2.24, 2.45) is 0 Å². The fourth-order valence-electron chi connectivity index (χ4n) is 3.20. The lowest BCUT2D eigenvalue weighted by atomic mass is 9.87. The number of ether oxygens (including phenoxy) is 1. The van der Waals surface area contributed by atoms with E-state index in [9.17, 15) is 9.59 Å². The smallest absolute Gasteiger partial charge is 0.261 e. The molecule has 0 saturated heterocycles. The zero-order valence-electron chi connectivity index (χ0n) is 20.8. The minimum Gasteiger partial charge on any atom is -0.483 e. The van der Waals surface area contributed by atoms with Gasteiger partial charge in [-0.3, -0.25) is 9.59 Å². The highest BCUT2D eigenvalue weighted by Gasteiger charge is 2.29. The van der Waals surface area contributed by atoms with Gasteiger partial charge < -0.3 is 15.0 Å². The van der Waals surface area contributed by atoms with Crippen molar-refractivity contribution in [3.63, 3.8) is 0 Å². The van der Waals surface area contributed by atoms with E-state index in [0.717, 1.165) is 15.6 Å². The third-order valence-corrected chi connectivity index (χ3v) is 6.51. The van der Waals surface area contributed by atoms with Gasteiger partial charge in [-0.25, -0.2) is 0 Å². The first-order chi connectivity index (χ1) is 15.6. The molecule has 186 valence electrons. The van der Waals surface area contributed by atoms with Gasteiger partial charge in [-0.1, -0.05) is 56.1 Å². The Morgan fingerprint density at radius 1 is 1.03 bits per heavy atom. The minimum absolute atomic E-state index is 0.0105. The van der Waals surface area contributed by atoms with Gasteiger partial charge in [0.2, 0.25) is 5.91 Å². The third-order valence-electron chi connectivity index (χ3n) is 5.15. The number of halogens is 3. The van der Waals surface area contributed by atoms with E-state index in [0.29, 0.717) is 15.8 Å². The Bertz CT molecular complexity index is 1050. The van der Waals surface area contributed by atoms with Crippen molar-refractivity contribution >= 4 is 50.9 Å². The number of rotatable bonds is 7. The van der Waals surface area contributed by atoms with Crippen LogP contribution in [0.4, 0.5) is 0 Å². The number of nitrogens with one attached hydrogen (secondary N) is 1. The van der Waals surface area contributed by atoms with Gasteiger partial charge in [-0.2, -0.15) is 0 Å². The summed E-state index contributed by atoms with van der Waals surface area (Å²) in [6.07, 6.45) is 0. The van der Waals surface area contributed by atoms with Gasteiger partial charge in [0.05, 0.1) is 14.5 Å². The molecule has 0 saturated carbocycles. The average molecular weight is 572 g/mol. The highest BCUT2D eigenvalue weighted by atomic mass is 79.9. The molecular formula is C26H33BrCl2N2O3. The third kappa shape index (κ3) is 8.17. The van der Waals surface area contributed by atoms with Gasteiger partial charge in [0.15, 0.2) is 6.61 Å². The number of hydrogen-bond acceptors (Lipinski definition) is 3. The van der Waals surface area contributed by atoms with E-state index in [1.165, 1.54) is 4.90 Å². The second kappa shape index (κ2) is 11.3. The Kier molecular flexibility index (Phi) is 9.48. The summed E-state index contributed by atoms with van der Waals surface area (Å²) >= 11 is 15.7. The van der Waals surface area contributed by atoms with Gasteiger partial charge in [-0.15, -0.1) is 0 Å². The summed E-state index contributed by atoms with van der Waals surface area (Å²) in [5.41, 5.74) is 1.46. The van der Waals surface area contributed by atoms with Crippen molar-refractivity contribution in [3.8, 4) is 5.75 Å². The lowest BCUT2D eigenvalue weighted by molar-refractivity contribution is -0.142. The molecule has 2 amide bonds. The maximum absolute atomic E-state index is 13.3. The van der Waals surface area contributed by atoms with Crippen molar-refractivity contribution < 1.29 is 14.3 Å². The van der Waals surface area contributed by atoms with Crippen LogP contribution in [0.5, 0.6) is 5.75 Å². The molecule has 0 aliphatic carbocycles. The van der Waals surface area contributed by atoms with Gasteiger partial charge in [0, 0.05) is 12.1 Å². The molecule has 0 aromatic heterocycles.